The van der Waals surface area contributed by atoms with E-state index in [1.54, 1.807) is 0 Å². The van der Waals surface area contributed by atoms with Crippen molar-refractivity contribution in [2.45, 2.75) is 50.9 Å². The molecule has 2 unspecified atom stereocenters. The van der Waals surface area contributed by atoms with Gasteiger partial charge in [-0.05, 0) is 50.7 Å². The Morgan fingerprint density at radius 2 is 1.87 bits per heavy atom. The average Bonchev–Trinajstić information content (AvgIpc) is 3.03. The maximum atomic E-state index is 13.3. The number of rotatable bonds is 4. The normalized spacial score (nSPS) is 28.4. The first-order valence-corrected chi connectivity index (χ1v) is 10.7. The number of anilines is 1. The lowest BCUT2D eigenvalue weighted by Gasteiger charge is -2.40. The smallest absolute Gasteiger partial charge is 0.383 e. The van der Waals surface area contributed by atoms with Crippen LogP contribution in [0.2, 0.25) is 0 Å². The highest BCUT2D eigenvalue weighted by Crippen LogP contribution is 2.64. The number of fused-ring (bicyclic) bond motifs is 1. The molecule has 2 N–H and O–H groups in total. The zero-order valence-electron chi connectivity index (χ0n) is 17.5. The Morgan fingerprint density at radius 3 is 2.45 bits per heavy atom. The monoisotopic (exact) mass is 430 g/mol. The van der Waals surface area contributed by atoms with Gasteiger partial charge in [0.25, 0.3) is 0 Å². The highest BCUT2D eigenvalue weighted by atomic mass is 19.4. The molecule has 0 amide bonds. The van der Waals surface area contributed by atoms with Crippen molar-refractivity contribution in [2.75, 3.05) is 18.8 Å². The summed E-state index contributed by atoms with van der Waals surface area (Å²) in [6.07, 6.45) is -0.956. The van der Waals surface area contributed by atoms with Gasteiger partial charge in [0, 0.05) is 48.5 Å². The minimum Gasteiger partial charge on any atom is -0.383 e. The van der Waals surface area contributed by atoms with E-state index in [1.165, 1.54) is 6.20 Å². The van der Waals surface area contributed by atoms with Crippen molar-refractivity contribution in [3.63, 3.8) is 0 Å². The van der Waals surface area contributed by atoms with Gasteiger partial charge in [0.05, 0.1) is 23.2 Å². The molecular weight excluding hydrogens is 405 g/mol. The lowest BCUT2D eigenvalue weighted by atomic mass is 9.95. The van der Waals surface area contributed by atoms with Crippen LogP contribution in [0.5, 0.6) is 0 Å². The Bertz CT molecular complexity index is 1030. The SMILES string of the molecule is CC(C)n1nc(-c2cnc(N)c(C(F)(F)F)c2)cc1C1[C@H]2CC(N3CC(C#N)C3)C[C@@H]12. The highest BCUT2D eigenvalue weighted by Gasteiger charge is 2.59. The van der Waals surface area contributed by atoms with Crippen LogP contribution in [-0.4, -0.2) is 38.8 Å². The summed E-state index contributed by atoms with van der Waals surface area (Å²) in [5.41, 5.74) is 6.45. The molecular formula is C22H25F3N6. The molecule has 0 bridgehead atoms. The number of pyridine rings is 1. The predicted octanol–water partition coefficient (Wildman–Crippen LogP) is 4.07. The molecule has 2 aromatic heterocycles. The molecule has 3 fully saturated rings. The number of nitrogens with zero attached hydrogens (tertiary/aromatic N) is 5. The van der Waals surface area contributed by atoms with Crippen molar-refractivity contribution in [1.82, 2.24) is 19.7 Å². The van der Waals surface area contributed by atoms with E-state index in [9.17, 15) is 13.2 Å². The number of nitrogen functional groups attached to an aromatic ring is 1. The fourth-order valence-electron chi connectivity index (χ4n) is 5.50. The van der Waals surface area contributed by atoms with Gasteiger partial charge in [0.15, 0.2) is 0 Å². The van der Waals surface area contributed by atoms with Crippen LogP contribution in [0.25, 0.3) is 11.3 Å². The van der Waals surface area contributed by atoms with Crippen LogP contribution in [0.4, 0.5) is 19.0 Å². The van der Waals surface area contributed by atoms with Gasteiger partial charge in [-0.2, -0.15) is 23.5 Å². The molecule has 164 valence electrons. The molecule has 31 heavy (non-hydrogen) atoms. The fraction of sp³-hybridized carbons (Fsp3) is 0.591. The Balaban J connectivity index is 1.37. The number of halogens is 3. The van der Waals surface area contributed by atoms with Gasteiger partial charge in [0.2, 0.25) is 0 Å². The molecule has 0 spiro atoms. The molecule has 5 rings (SSSR count). The summed E-state index contributed by atoms with van der Waals surface area (Å²) in [6, 6.07) is 5.97. The van der Waals surface area contributed by atoms with Gasteiger partial charge in [0.1, 0.15) is 5.82 Å². The first kappa shape index (κ1) is 20.3. The number of alkyl halides is 3. The van der Waals surface area contributed by atoms with E-state index in [4.69, 9.17) is 11.0 Å². The van der Waals surface area contributed by atoms with Gasteiger partial charge in [-0.15, -0.1) is 0 Å². The maximum Gasteiger partial charge on any atom is 0.419 e. The number of hydrogen-bond donors (Lipinski definition) is 1. The molecule has 2 aliphatic carbocycles. The summed E-state index contributed by atoms with van der Waals surface area (Å²) in [4.78, 5) is 6.18. The summed E-state index contributed by atoms with van der Waals surface area (Å²) in [6.45, 7) is 5.83. The number of aromatic nitrogens is 3. The molecule has 2 aromatic rings. The first-order valence-electron chi connectivity index (χ1n) is 10.7. The third kappa shape index (κ3) is 3.37. The van der Waals surface area contributed by atoms with Crippen molar-refractivity contribution < 1.29 is 13.2 Å². The van der Waals surface area contributed by atoms with Crippen molar-refractivity contribution in [3.8, 4) is 17.3 Å². The van der Waals surface area contributed by atoms with Gasteiger partial charge < -0.3 is 5.73 Å². The molecule has 9 heteroatoms. The van der Waals surface area contributed by atoms with E-state index in [0.29, 0.717) is 35.1 Å². The number of nitriles is 1. The van der Waals surface area contributed by atoms with E-state index in [1.807, 2.05) is 24.6 Å². The van der Waals surface area contributed by atoms with Gasteiger partial charge in [-0.1, -0.05) is 0 Å². The Labute approximate surface area is 178 Å². The second-order valence-corrected chi connectivity index (χ2v) is 9.41. The molecule has 0 aromatic carbocycles. The fourth-order valence-corrected chi connectivity index (χ4v) is 5.50. The molecule has 6 nitrogen and oxygen atoms in total. The van der Waals surface area contributed by atoms with Crippen LogP contribution < -0.4 is 5.73 Å². The van der Waals surface area contributed by atoms with Gasteiger partial charge >= 0.3 is 6.18 Å². The van der Waals surface area contributed by atoms with E-state index in [2.05, 4.69) is 21.1 Å². The molecule has 1 aliphatic heterocycles. The minimum atomic E-state index is -4.56. The van der Waals surface area contributed by atoms with Gasteiger partial charge in [-0.25, -0.2) is 4.98 Å². The van der Waals surface area contributed by atoms with E-state index >= 15 is 0 Å². The lowest BCUT2D eigenvalue weighted by Crippen LogP contribution is -2.51. The average molecular weight is 430 g/mol. The lowest BCUT2D eigenvalue weighted by molar-refractivity contribution is -0.137. The molecule has 1 saturated heterocycles. The summed E-state index contributed by atoms with van der Waals surface area (Å²) in [7, 11) is 0. The molecule has 2 saturated carbocycles. The van der Waals surface area contributed by atoms with Crippen LogP contribution in [0.15, 0.2) is 18.3 Å². The van der Waals surface area contributed by atoms with Crippen molar-refractivity contribution in [1.29, 1.82) is 5.26 Å². The Kier molecular flexibility index (Phi) is 4.56. The third-order valence-corrected chi connectivity index (χ3v) is 7.14. The van der Waals surface area contributed by atoms with Crippen LogP contribution in [0.1, 0.15) is 49.9 Å². The molecule has 0 radical (unpaired) electrons. The van der Waals surface area contributed by atoms with Crippen LogP contribution in [0.3, 0.4) is 0 Å². The highest BCUT2D eigenvalue weighted by molar-refractivity contribution is 5.63. The maximum absolute atomic E-state index is 13.3. The number of likely N-dealkylation sites (tertiary alicyclic amines) is 1. The quantitative estimate of drug-likeness (QED) is 0.790. The van der Waals surface area contributed by atoms with Crippen molar-refractivity contribution in [3.05, 3.63) is 29.6 Å². The van der Waals surface area contributed by atoms with Crippen LogP contribution >= 0.6 is 0 Å². The number of hydrogen-bond acceptors (Lipinski definition) is 5. The topological polar surface area (TPSA) is 83.8 Å². The summed E-state index contributed by atoms with van der Waals surface area (Å²) >= 11 is 0. The van der Waals surface area contributed by atoms with E-state index in [-0.39, 0.29) is 12.0 Å². The van der Waals surface area contributed by atoms with Crippen molar-refractivity contribution in [2.24, 2.45) is 17.8 Å². The number of nitrogens with two attached hydrogens (primary N) is 1. The first-order chi connectivity index (χ1) is 14.7. The Hall–Kier alpha value is -2.60. The van der Waals surface area contributed by atoms with E-state index < -0.39 is 17.6 Å². The standard InChI is InChI=1S/C22H25F3N6/c1-11(2)31-19(20-15-4-14(5-16(15)20)30-9-12(7-26)10-30)6-18(29-31)13-3-17(22(23,24)25)21(27)28-8-13/h3,6,8,11-12,14-16,20H,4-5,9-10H2,1-2H3,(H2,27,28)/t14?,15-,16+,20?. The molecule has 3 heterocycles. The minimum absolute atomic E-state index is 0.108. The summed E-state index contributed by atoms with van der Waals surface area (Å²) in [5, 5.41) is 13.6. The zero-order chi connectivity index (χ0) is 22.1. The summed E-state index contributed by atoms with van der Waals surface area (Å²) in [5.74, 6) is 1.23. The Morgan fingerprint density at radius 1 is 1.19 bits per heavy atom. The predicted molar refractivity (Wildman–Crippen MR) is 109 cm³/mol. The van der Waals surface area contributed by atoms with Crippen LogP contribution in [-0.2, 0) is 6.18 Å². The largest absolute Gasteiger partial charge is 0.419 e. The molecule has 3 aliphatic rings. The van der Waals surface area contributed by atoms with Gasteiger partial charge in [-0.3, -0.25) is 9.58 Å². The second-order valence-electron chi connectivity index (χ2n) is 9.41. The second kappa shape index (κ2) is 6.95. The summed E-state index contributed by atoms with van der Waals surface area (Å²) < 4.78 is 41.8. The van der Waals surface area contributed by atoms with E-state index in [0.717, 1.165) is 37.7 Å². The van der Waals surface area contributed by atoms with Crippen molar-refractivity contribution >= 4 is 5.82 Å². The van der Waals surface area contributed by atoms with Crippen LogP contribution in [0, 0.1) is 29.1 Å². The third-order valence-electron chi connectivity index (χ3n) is 7.14. The zero-order valence-corrected chi connectivity index (χ0v) is 17.5. The molecule has 4 atom stereocenters.